The van der Waals surface area contributed by atoms with E-state index in [9.17, 15) is 0 Å². The molecule has 6 heteroatoms. The largest absolute Gasteiger partial charge is 0.352 e. The minimum absolute atomic E-state index is 0.0751. The van der Waals surface area contributed by atoms with Crippen molar-refractivity contribution in [2.75, 3.05) is 27.2 Å². The van der Waals surface area contributed by atoms with Crippen LogP contribution < -0.4 is 5.32 Å². The lowest BCUT2D eigenvalue weighted by atomic mass is 9.99. The summed E-state index contributed by atoms with van der Waals surface area (Å²) in [5, 5.41) is 4.34. The van der Waals surface area contributed by atoms with Crippen LogP contribution >= 0.6 is 12.2 Å². The van der Waals surface area contributed by atoms with Crippen molar-refractivity contribution in [1.29, 1.82) is 0 Å². The molecule has 0 radical (unpaired) electrons. The van der Waals surface area contributed by atoms with E-state index in [0.29, 0.717) is 6.04 Å². The number of pyridine rings is 1. The Bertz CT molecular complexity index is 725. The van der Waals surface area contributed by atoms with Crippen LogP contribution in [0.4, 0.5) is 0 Å². The molecule has 0 amide bonds. The smallest absolute Gasteiger partial charge is 0.170 e. The van der Waals surface area contributed by atoms with Crippen molar-refractivity contribution < 1.29 is 0 Å². The van der Waals surface area contributed by atoms with Gasteiger partial charge in [-0.15, -0.1) is 0 Å². The van der Waals surface area contributed by atoms with Crippen molar-refractivity contribution in [3.8, 4) is 0 Å². The van der Waals surface area contributed by atoms with Gasteiger partial charge >= 0.3 is 0 Å². The first-order chi connectivity index (χ1) is 12.5. The monoisotopic (exact) mass is 371 g/mol. The molecule has 3 rings (SSSR count). The fourth-order valence-electron chi connectivity index (χ4n) is 3.49. The molecule has 2 aromatic heterocycles. The van der Waals surface area contributed by atoms with E-state index in [4.69, 9.17) is 12.2 Å². The van der Waals surface area contributed by atoms with Crippen LogP contribution in [0.3, 0.4) is 0 Å². The molecule has 0 saturated carbocycles. The Balaban J connectivity index is 1.90. The summed E-state index contributed by atoms with van der Waals surface area (Å²) in [6.45, 7) is 6.39. The average Bonchev–Trinajstić information content (AvgIpc) is 3.21. The van der Waals surface area contributed by atoms with Crippen molar-refractivity contribution in [3.63, 3.8) is 0 Å². The van der Waals surface area contributed by atoms with Crippen molar-refractivity contribution >= 4 is 17.3 Å². The molecule has 0 unspecified atom stereocenters. The first-order valence-electron chi connectivity index (χ1n) is 9.27. The molecule has 3 heterocycles. The molecule has 1 aliphatic rings. The summed E-state index contributed by atoms with van der Waals surface area (Å²) in [6, 6.07) is 8.98. The number of thiocarbonyl (C=S) groups is 1. The predicted molar refractivity (Wildman–Crippen MR) is 110 cm³/mol. The van der Waals surface area contributed by atoms with Crippen LogP contribution in [0.2, 0.25) is 0 Å². The average molecular weight is 372 g/mol. The fraction of sp³-hybridized carbons (Fsp3) is 0.500. The van der Waals surface area contributed by atoms with E-state index in [2.05, 4.69) is 77.1 Å². The Morgan fingerprint density at radius 3 is 2.69 bits per heavy atom. The molecule has 26 heavy (non-hydrogen) atoms. The van der Waals surface area contributed by atoms with Gasteiger partial charge in [-0.1, -0.05) is 6.07 Å². The van der Waals surface area contributed by atoms with Crippen LogP contribution in [0, 0.1) is 0 Å². The van der Waals surface area contributed by atoms with Gasteiger partial charge in [-0.25, -0.2) is 0 Å². The Labute approximate surface area is 162 Å². The molecular formula is C20H29N5S. The van der Waals surface area contributed by atoms with E-state index in [-0.39, 0.29) is 12.1 Å². The molecule has 2 aromatic rings. The van der Waals surface area contributed by atoms with Gasteiger partial charge in [0.15, 0.2) is 5.11 Å². The lowest BCUT2D eigenvalue weighted by Gasteiger charge is -2.27. The van der Waals surface area contributed by atoms with Gasteiger partial charge in [0.25, 0.3) is 0 Å². The second-order valence-corrected chi connectivity index (χ2v) is 7.85. The number of nitrogens with zero attached hydrogens (tertiary/aromatic N) is 4. The normalized spacial score (nSPS) is 20.2. The minimum Gasteiger partial charge on any atom is -0.352 e. The standard InChI is InChI=1S/C20H29N5S/c1-15(2)24-13-9-16(14-24)19-18(17-8-5-6-10-21-17)22-20(26)25(19)12-7-11-23(3)4/h5-6,8-10,13-15,18-19H,7,11-12H2,1-4H3,(H,22,26)/t18-,19-/m1/s1. The lowest BCUT2D eigenvalue weighted by Crippen LogP contribution is -2.32. The van der Waals surface area contributed by atoms with Crippen molar-refractivity contribution in [3.05, 3.63) is 54.1 Å². The molecule has 2 atom stereocenters. The highest BCUT2D eigenvalue weighted by atomic mass is 32.1. The molecule has 1 aliphatic heterocycles. The summed E-state index contributed by atoms with van der Waals surface area (Å²) in [5.41, 5.74) is 2.32. The van der Waals surface area contributed by atoms with E-state index < -0.39 is 0 Å². The zero-order valence-electron chi connectivity index (χ0n) is 16.1. The lowest BCUT2D eigenvalue weighted by molar-refractivity contribution is 0.293. The Morgan fingerprint density at radius 1 is 1.27 bits per heavy atom. The molecule has 0 bridgehead atoms. The quantitative estimate of drug-likeness (QED) is 0.755. The highest BCUT2D eigenvalue weighted by Gasteiger charge is 2.39. The zero-order valence-corrected chi connectivity index (χ0v) is 16.9. The third-order valence-electron chi connectivity index (χ3n) is 4.88. The van der Waals surface area contributed by atoms with Crippen LogP contribution in [0.5, 0.6) is 0 Å². The van der Waals surface area contributed by atoms with Crippen LogP contribution in [0.15, 0.2) is 42.9 Å². The predicted octanol–water partition coefficient (Wildman–Crippen LogP) is 3.39. The van der Waals surface area contributed by atoms with Gasteiger partial charge < -0.3 is 19.7 Å². The SMILES string of the molecule is CC(C)n1ccc([C@@H]2[C@@H](c3ccccn3)NC(=S)N2CCCN(C)C)c1. The highest BCUT2D eigenvalue weighted by Crippen LogP contribution is 2.38. The van der Waals surface area contributed by atoms with E-state index >= 15 is 0 Å². The second-order valence-electron chi connectivity index (χ2n) is 7.46. The maximum atomic E-state index is 5.70. The van der Waals surface area contributed by atoms with Gasteiger partial charge in [-0.2, -0.15) is 0 Å². The first-order valence-corrected chi connectivity index (χ1v) is 9.68. The fourth-order valence-corrected chi connectivity index (χ4v) is 3.83. The molecular weight excluding hydrogens is 342 g/mol. The van der Waals surface area contributed by atoms with Crippen LogP contribution in [0.25, 0.3) is 0 Å². The van der Waals surface area contributed by atoms with Crippen molar-refractivity contribution in [2.45, 2.75) is 38.4 Å². The van der Waals surface area contributed by atoms with Crippen LogP contribution in [-0.2, 0) is 0 Å². The Morgan fingerprint density at radius 2 is 2.08 bits per heavy atom. The third kappa shape index (κ3) is 4.07. The molecule has 140 valence electrons. The summed E-state index contributed by atoms with van der Waals surface area (Å²) in [6.07, 6.45) is 7.34. The third-order valence-corrected chi connectivity index (χ3v) is 5.23. The number of hydrogen-bond donors (Lipinski definition) is 1. The summed E-state index contributed by atoms with van der Waals surface area (Å²) in [4.78, 5) is 9.14. The molecule has 1 fully saturated rings. The van der Waals surface area contributed by atoms with Crippen molar-refractivity contribution in [1.82, 2.24) is 24.7 Å². The molecule has 1 saturated heterocycles. The van der Waals surface area contributed by atoms with Gasteiger partial charge in [0, 0.05) is 31.2 Å². The van der Waals surface area contributed by atoms with E-state index in [1.807, 2.05) is 18.3 Å². The van der Waals surface area contributed by atoms with Gasteiger partial charge in [-0.3, -0.25) is 4.98 Å². The van der Waals surface area contributed by atoms with Crippen LogP contribution in [0.1, 0.15) is 49.7 Å². The number of aromatic nitrogens is 2. The molecule has 0 spiro atoms. The van der Waals surface area contributed by atoms with Gasteiger partial charge in [0.1, 0.15) is 0 Å². The number of rotatable bonds is 7. The molecule has 0 aliphatic carbocycles. The summed E-state index contributed by atoms with van der Waals surface area (Å²) >= 11 is 5.70. The summed E-state index contributed by atoms with van der Waals surface area (Å²) in [7, 11) is 4.22. The second kappa shape index (κ2) is 8.18. The topological polar surface area (TPSA) is 36.3 Å². The first kappa shape index (κ1) is 18.9. The maximum absolute atomic E-state index is 5.70. The van der Waals surface area contributed by atoms with Gasteiger partial charge in [0.2, 0.25) is 0 Å². The van der Waals surface area contributed by atoms with Crippen LogP contribution in [-0.4, -0.2) is 51.6 Å². The Hall–Kier alpha value is -1.92. The van der Waals surface area contributed by atoms with Gasteiger partial charge in [-0.05, 0) is 76.9 Å². The number of nitrogens with one attached hydrogen (secondary N) is 1. The van der Waals surface area contributed by atoms with E-state index in [1.165, 1.54) is 5.56 Å². The van der Waals surface area contributed by atoms with Crippen molar-refractivity contribution in [2.24, 2.45) is 0 Å². The molecule has 5 nitrogen and oxygen atoms in total. The summed E-state index contributed by atoms with van der Waals surface area (Å²) in [5.74, 6) is 0. The Kier molecular flexibility index (Phi) is 5.94. The highest BCUT2D eigenvalue weighted by molar-refractivity contribution is 7.80. The number of hydrogen-bond acceptors (Lipinski definition) is 3. The van der Waals surface area contributed by atoms with E-state index in [1.54, 1.807) is 0 Å². The molecule has 1 N–H and O–H groups in total. The summed E-state index contributed by atoms with van der Waals surface area (Å²) < 4.78 is 2.25. The van der Waals surface area contributed by atoms with E-state index in [0.717, 1.165) is 30.3 Å². The van der Waals surface area contributed by atoms with Gasteiger partial charge in [0.05, 0.1) is 17.8 Å². The zero-order chi connectivity index (χ0) is 18.7. The molecule has 0 aromatic carbocycles. The minimum atomic E-state index is 0.0751. The maximum Gasteiger partial charge on any atom is 0.170 e.